The second kappa shape index (κ2) is 8.43. The lowest BCUT2D eigenvalue weighted by atomic mass is 10.1. The third-order valence-corrected chi connectivity index (χ3v) is 6.44. The number of aliphatic hydroxyl groups is 2. The molecule has 0 saturated heterocycles. The van der Waals surface area contributed by atoms with Gasteiger partial charge in [0.15, 0.2) is 0 Å². The molecule has 0 saturated carbocycles. The first kappa shape index (κ1) is 19.1. The molecule has 148 valence electrons. The van der Waals surface area contributed by atoms with Gasteiger partial charge in [-0.25, -0.2) is 9.55 Å². The van der Waals surface area contributed by atoms with Crippen LogP contribution in [-0.2, 0) is 12.8 Å². The largest absolute Gasteiger partial charge is 0.395 e. The number of benzene rings is 1. The van der Waals surface area contributed by atoms with E-state index in [1.165, 1.54) is 16.9 Å². The van der Waals surface area contributed by atoms with Gasteiger partial charge >= 0.3 is 0 Å². The van der Waals surface area contributed by atoms with Gasteiger partial charge in [0.25, 0.3) is 5.56 Å². The van der Waals surface area contributed by atoms with E-state index in [1.54, 1.807) is 20.8 Å². The number of hydrogen-bond acceptors (Lipinski definition) is 6. The summed E-state index contributed by atoms with van der Waals surface area (Å²) in [5, 5.41) is 19.7. The second-order valence-electron chi connectivity index (χ2n) is 7.07. The van der Waals surface area contributed by atoms with Crippen LogP contribution in [0.1, 0.15) is 29.7 Å². The molecule has 2 aromatic heterocycles. The average Bonchev–Trinajstić information content (AvgIpc) is 2.90. The Morgan fingerprint density at radius 3 is 2.46 bits per heavy atom. The van der Waals surface area contributed by atoms with Crippen molar-refractivity contribution < 1.29 is 10.2 Å². The van der Waals surface area contributed by atoms with Crippen LogP contribution in [0.25, 0.3) is 15.9 Å². The third kappa shape index (κ3) is 3.45. The molecular weight excluding hydrogens is 374 g/mol. The minimum absolute atomic E-state index is 0.0634. The van der Waals surface area contributed by atoms with Crippen molar-refractivity contribution in [2.45, 2.75) is 32.1 Å². The van der Waals surface area contributed by atoms with Gasteiger partial charge in [0, 0.05) is 18.0 Å². The summed E-state index contributed by atoms with van der Waals surface area (Å²) in [5.41, 5.74) is 1.85. The van der Waals surface area contributed by atoms with Gasteiger partial charge in [0.1, 0.15) is 4.83 Å². The number of para-hydroxylation sites is 1. The van der Waals surface area contributed by atoms with Crippen LogP contribution in [0, 0.1) is 0 Å². The molecule has 1 aliphatic rings. The number of hydrogen-bond donors (Lipinski definition) is 2. The topological polar surface area (TPSA) is 78.6 Å². The zero-order valence-corrected chi connectivity index (χ0v) is 16.6. The van der Waals surface area contributed by atoms with E-state index >= 15 is 0 Å². The van der Waals surface area contributed by atoms with Crippen molar-refractivity contribution in [3.63, 3.8) is 0 Å². The molecule has 28 heavy (non-hydrogen) atoms. The van der Waals surface area contributed by atoms with E-state index in [9.17, 15) is 15.0 Å². The van der Waals surface area contributed by atoms with Crippen LogP contribution in [0.4, 0.5) is 5.95 Å². The van der Waals surface area contributed by atoms with Crippen molar-refractivity contribution in [1.29, 1.82) is 0 Å². The molecule has 0 atom stereocenters. The smallest absolute Gasteiger partial charge is 0.268 e. The molecule has 6 nitrogen and oxygen atoms in total. The number of rotatable bonds is 6. The van der Waals surface area contributed by atoms with Gasteiger partial charge in [0.2, 0.25) is 5.95 Å². The highest BCUT2D eigenvalue weighted by molar-refractivity contribution is 7.18. The SMILES string of the molecule is O=c1c2c3c(sc2nc(N(CCO)CCO)n1-c1ccccc1)CCCCC3. The van der Waals surface area contributed by atoms with Gasteiger partial charge < -0.3 is 15.1 Å². The van der Waals surface area contributed by atoms with Gasteiger partial charge in [0.05, 0.1) is 24.3 Å². The lowest BCUT2D eigenvalue weighted by molar-refractivity contribution is 0.279. The monoisotopic (exact) mass is 399 g/mol. The summed E-state index contributed by atoms with van der Waals surface area (Å²) in [6.45, 7) is 0.445. The number of thiophene rings is 1. The van der Waals surface area contributed by atoms with Crippen molar-refractivity contribution >= 4 is 27.5 Å². The number of aliphatic hydroxyl groups excluding tert-OH is 2. The van der Waals surface area contributed by atoms with Crippen molar-refractivity contribution in [2.75, 3.05) is 31.2 Å². The van der Waals surface area contributed by atoms with Gasteiger partial charge in [-0.3, -0.25) is 4.79 Å². The van der Waals surface area contributed by atoms with E-state index in [2.05, 4.69) is 0 Å². The quantitative estimate of drug-likeness (QED) is 0.623. The highest BCUT2D eigenvalue weighted by atomic mass is 32.1. The lowest BCUT2D eigenvalue weighted by Crippen LogP contribution is -2.36. The minimum Gasteiger partial charge on any atom is -0.395 e. The third-order valence-electron chi connectivity index (χ3n) is 5.26. The van der Waals surface area contributed by atoms with E-state index < -0.39 is 0 Å². The first-order chi connectivity index (χ1) is 13.7. The van der Waals surface area contributed by atoms with Crippen molar-refractivity contribution in [1.82, 2.24) is 9.55 Å². The molecule has 1 aromatic carbocycles. The summed E-state index contributed by atoms with van der Waals surface area (Å²) in [5.74, 6) is 0.475. The number of aromatic nitrogens is 2. The molecule has 2 N–H and O–H groups in total. The van der Waals surface area contributed by atoms with Crippen molar-refractivity contribution in [3.05, 3.63) is 51.1 Å². The van der Waals surface area contributed by atoms with Crippen LogP contribution in [0.5, 0.6) is 0 Å². The van der Waals surface area contributed by atoms with Crippen LogP contribution in [-0.4, -0.2) is 46.1 Å². The Labute approximate surface area is 167 Å². The zero-order chi connectivity index (χ0) is 19.5. The fourth-order valence-corrected chi connectivity index (χ4v) is 5.19. The van der Waals surface area contributed by atoms with Crippen LogP contribution < -0.4 is 10.5 Å². The summed E-state index contributed by atoms with van der Waals surface area (Å²) in [7, 11) is 0. The number of fused-ring (bicyclic) bond motifs is 3. The fraction of sp³-hybridized carbons (Fsp3) is 0.429. The zero-order valence-electron chi connectivity index (χ0n) is 15.8. The molecule has 3 aromatic rings. The van der Waals surface area contributed by atoms with E-state index in [0.29, 0.717) is 19.0 Å². The summed E-state index contributed by atoms with van der Waals surface area (Å²) in [6.07, 6.45) is 5.39. The Kier molecular flexibility index (Phi) is 5.75. The highest BCUT2D eigenvalue weighted by Crippen LogP contribution is 2.34. The summed E-state index contributed by atoms with van der Waals surface area (Å²) in [6, 6.07) is 9.48. The Hall–Kier alpha value is -2.22. The van der Waals surface area contributed by atoms with E-state index in [-0.39, 0.29) is 18.8 Å². The average molecular weight is 400 g/mol. The van der Waals surface area contributed by atoms with Crippen molar-refractivity contribution in [3.8, 4) is 5.69 Å². The summed E-state index contributed by atoms with van der Waals surface area (Å²) < 4.78 is 1.63. The highest BCUT2D eigenvalue weighted by Gasteiger charge is 2.24. The molecule has 0 unspecified atom stereocenters. The molecule has 0 amide bonds. The molecule has 0 spiro atoms. The van der Waals surface area contributed by atoms with E-state index in [4.69, 9.17) is 4.98 Å². The van der Waals surface area contributed by atoms with Crippen LogP contribution in [0.2, 0.25) is 0 Å². The Morgan fingerprint density at radius 1 is 1.04 bits per heavy atom. The van der Waals surface area contributed by atoms with E-state index in [1.807, 2.05) is 30.3 Å². The maximum atomic E-state index is 13.7. The lowest BCUT2D eigenvalue weighted by Gasteiger charge is -2.25. The second-order valence-corrected chi connectivity index (χ2v) is 8.15. The predicted molar refractivity (Wildman–Crippen MR) is 113 cm³/mol. The fourth-order valence-electron chi connectivity index (χ4n) is 3.95. The Bertz CT molecular complexity index is 1010. The molecular formula is C21H25N3O3S. The maximum absolute atomic E-state index is 13.7. The minimum atomic E-state index is -0.0797. The molecule has 0 radical (unpaired) electrons. The van der Waals surface area contributed by atoms with Gasteiger partial charge in [-0.05, 0) is 43.4 Å². The number of aryl methyl sites for hydroxylation is 2. The van der Waals surface area contributed by atoms with Crippen LogP contribution >= 0.6 is 11.3 Å². The Balaban J connectivity index is 2.00. The Morgan fingerprint density at radius 2 is 1.75 bits per heavy atom. The molecule has 1 aliphatic carbocycles. The first-order valence-corrected chi connectivity index (χ1v) is 10.7. The normalized spacial score (nSPS) is 14.1. The maximum Gasteiger partial charge on any atom is 0.268 e. The molecule has 0 bridgehead atoms. The van der Waals surface area contributed by atoms with Crippen LogP contribution in [0.3, 0.4) is 0 Å². The van der Waals surface area contributed by atoms with E-state index in [0.717, 1.165) is 41.6 Å². The summed E-state index contributed by atoms with van der Waals surface area (Å²) >= 11 is 1.62. The number of nitrogens with zero attached hydrogens (tertiary/aromatic N) is 3. The standard InChI is InChI=1S/C21H25N3O3S/c25-13-11-23(12-14-26)21-22-19-18(16-9-5-2-6-10-17(16)28-19)20(27)24(21)15-7-3-1-4-8-15/h1,3-4,7-8,25-26H,2,5-6,9-14H2. The molecule has 2 heterocycles. The summed E-state index contributed by atoms with van der Waals surface area (Å²) in [4.78, 5) is 22.4. The van der Waals surface area contributed by atoms with Gasteiger partial charge in [-0.15, -0.1) is 11.3 Å². The van der Waals surface area contributed by atoms with Gasteiger partial charge in [-0.1, -0.05) is 24.6 Å². The molecule has 0 fully saturated rings. The van der Waals surface area contributed by atoms with Crippen LogP contribution in [0.15, 0.2) is 35.1 Å². The molecule has 0 aliphatic heterocycles. The first-order valence-electron chi connectivity index (χ1n) is 9.84. The number of anilines is 1. The molecule has 4 rings (SSSR count). The van der Waals surface area contributed by atoms with Crippen molar-refractivity contribution in [2.24, 2.45) is 0 Å². The van der Waals surface area contributed by atoms with Gasteiger partial charge in [-0.2, -0.15) is 0 Å². The predicted octanol–water partition coefficient (Wildman–Crippen LogP) is 2.51. The molecule has 7 heteroatoms.